The van der Waals surface area contributed by atoms with Crippen LogP contribution >= 0.6 is 0 Å². The third kappa shape index (κ3) is 3.35. The van der Waals surface area contributed by atoms with Crippen LogP contribution in [0, 0.1) is 17.8 Å². The van der Waals surface area contributed by atoms with E-state index in [9.17, 15) is 9.59 Å². The number of methoxy groups -OCH3 is 1. The van der Waals surface area contributed by atoms with Crippen molar-refractivity contribution in [1.29, 1.82) is 0 Å². The highest BCUT2D eigenvalue weighted by Gasteiger charge is 2.40. The molecule has 2 aliphatic carbocycles. The number of aromatic nitrogens is 1. The van der Waals surface area contributed by atoms with E-state index in [4.69, 9.17) is 4.74 Å². The molecule has 138 valence electrons. The highest BCUT2D eigenvalue weighted by Crippen LogP contribution is 2.49. The maximum absolute atomic E-state index is 12.6. The number of ether oxygens (including phenoxy) is 1. The second-order valence-corrected chi connectivity index (χ2v) is 7.85. The number of fused-ring (bicyclic) bond motifs is 3. The lowest BCUT2D eigenvalue weighted by atomic mass is 9.86. The number of benzene rings is 1. The van der Waals surface area contributed by atoms with Crippen molar-refractivity contribution < 1.29 is 14.3 Å². The van der Waals surface area contributed by atoms with Gasteiger partial charge in [-0.2, -0.15) is 0 Å². The molecule has 2 bridgehead atoms. The van der Waals surface area contributed by atoms with Crippen LogP contribution in [0.2, 0.25) is 0 Å². The van der Waals surface area contributed by atoms with Crippen LogP contribution < -0.4 is 5.32 Å². The first-order chi connectivity index (χ1) is 12.6. The maximum atomic E-state index is 12.6. The summed E-state index contributed by atoms with van der Waals surface area (Å²) in [6.07, 6.45) is 7.91. The number of nitrogens with one attached hydrogen (secondary N) is 2. The number of aromatic amines is 1. The van der Waals surface area contributed by atoms with Crippen LogP contribution in [0.3, 0.4) is 0 Å². The fourth-order valence-electron chi connectivity index (χ4n) is 4.97. The SMILES string of the molecule is COC(=O)[C@@H](Cc1c[nH]c2ccccc12)NC(=O)C[C@@H]1C[C@H]2CC[C@H]1C2. The molecule has 1 aromatic heterocycles. The molecule has 0 radical (unpaired) electrons. The first-order valence-electron chi connectivity index (χ1n) is 9.56. The Hall–Kier alpha value is -2.30. The predicted octanol–water partition coefficient (Wildman–Crippen LogP) is 3.19. The zero-order chi connectivity index (χ0) is 18.1. The van der Waals surface area contributed by atoms with Crippen molar-refractivity contribution in [2.75, 3.05) is 7.11 Å². The Morgan fingerprint density at radius 2 is 2.12 bits per heavy atom. The van der Waals surface area contributed by atoms with Gasteiger partial charge in [-0.1, -0.05) is 24.6 Å². The summed E-state index contributed by atoms with van der Waals surface area (Å²) >= 11 is 0. The van der Waals surface area contributed by atoms with Gasteiger partial charge in [0.05, 0.1) is 7.11 Å². The molecule has 4 rings (SSSR count). The number of amides is 1. The van der Waals surface area contributed by atoms with Gasteiger partial charge in [-0.15, -0.1) is 0 Å². The Morgan fingerprint density at radius 3 is 2.85 bits per heavy atom. The second-order valence-electron chi connectivity index (χ2n) is 7.85. The van der Waals surface area contributed by atoms with Gasteiger partial charge in [0.2, 0.25) is 5.91 Å². The van der Waals surface area contributed by atoms with E-state index in [1.165, 1.54) is 32.8 Å². The Balaban J connectivity index is 1.43. The molecule has 0 saturated heterocycles. The van der Waals surface area contributed by atoms with Crippen LogP contribution in [0.1, 0.15) is 37.7 Å². The van der Waals surface area contributed by atoms with Crippen LogP contribution in [0.5, 0.6) is 0 Å². The third-order valence-electron chi connectivity index (χ3n) is 6.25. The molecule has 2 saturated carbocycles. The van der Waals surface area contributed by atoms with Crippen LogP contribution in [0.15, 0.2) is 30.5 Å². The Bertz CT molecular complexity index is 812. The lowest BCUT2D eigenvalue weighted by Crippen LogP contribution is -2.43. The molecule has 5 nitrogen and oxygen atoms in total. The molecule has 2 aromatic rings. The summed E-state index contributed by atoms with van der Waals surface area (Å²) < 4.78 is 4.93. The van der Waals surface area contributed by atoms with E-state index in [1.807, 2.05) is 30.5 Å². The summed E-state index contributed by atoms with van der Waals surface area (Å²) in [5.41, 5.74) is 2.04. The smallest absolute Gasteiger partial charge is 0.328 e. The minimum atomic E-state index is -0.648. The molecule has 2 fully saturated rings. The van der Waals surface area contributed by atoms with E-state index in [-0.39, 0.29) is 5.91 Å². The second kappa shape index (κ2) is 7.14. The third-order valence-corrected chi connectivity index (χ3v) is 6.25. The fourth-order valence-corrected chi connectivity index (χ4v) is 4.97. The van der Waals surface area contributed by atoms with E-state index < -0.39 is 12.0 Å². The normalized spacial score (nSPS) is 25.3. The van der Waals surface area contributed by atoms with Gasteiger partial charge < -0.3 is 15.0 Å². The number of hydrogen-bond acceptors (Lipinski definition) is 3. The summed E-state index contributed by atoms with van der Waals surface area (Å²) in [5.74, 6) is 1.59. The van der Waals surface area contributed by atoms with Gasteiger partial charge in [-0.05, 0) is 48.6 Å². The maximum Gasteiger partial charge on any atom is 0.328 e. The van der Waals surface area contributed by atoms with E-state index in [2.05, 4.69) is 10.3 Å². The zero-order valence-electron chi connectivity index (χ0n) is 15.2. The fraction of sp³-hybridized carbons (Fsp3) is 0.524. The van der Waals surface area contributed by atoms with Gasteiger partial charge in [0.1, 0.15) is 6.04 Å². The lowest BCUT2D eigenvalue weighted by molar-refractivity contribution is -0.145. The number of H-pyrrole nitrogens is 1. The molecule has 4 atom stereocenters. The highest BCUT2D eigenvalue weighted by molar-refractivity contribution is 5.87. The van der Waals surface area contributed by atoms with Gasteiger partial charge in [0.15, 0.2) is 0 Å². The van der Waals surface area contributed by atoms with E-state index in [0.717, 1.165) is 22.4 Å². The molecule has 2 aliphatic rings. The topological polar surface area (TPSA) is 71.2 Å². The van der Waals surface area contributed by atoms with Crippen molar-refractivity contribution in [3.63, 3.8) is 0 Å². The standard InChI is InChI=1S/C21H26N2O3/c1-26-21(25)19(10-16-12-22-18-5-3-2-4-17(16)18)23-20(24)11-15-9-13-6-7-14(15)8-13/h2-5,12-15,19,22H,6-11H2,1H3,(H,23,24)/t13-,14-,15-,19+/m0/s1. The van der Waals surface area contributed by atoms with Crippen molar-refractivity contribution in [3.8, 4) is 0 Å². The Morgan fingerprint density at radius 1 is 1.27 bits per heavy atom. The quantitative estimate of drug-likeness (QED) is 0.783. The van der Waals surface area contributed by atoms with Gasteiger partial charge in [0.25, 0.3) is 0 Å². The summed E-state index contributed by atoms with van der Waals surface area (Å²) in [6.45, 7) is 0. The number of hydrogen-bond donors (Lipinski definition) is 2. The first-order valence-corrected chi connectivity index (χ1v) is 9.56. The Labute approximate surface area is 153 Å². The van der Waals surface area contributed by atoms with Crippen molar-refractivity contribution in [3.05, 3.63) is 36.0 Å². The number of esters is 1. The molecule has 1 aromatic carbocycles. The lowest BCUT2D eigenvalue weighted by Gasteiger charge is -2.22. The minimum Gasteiger partial charge on any atom is -0.467 e. The van der Waals surface area contributed by atoms with Gasteiger partial charge in [0, 0.05) is 29.9 Å². The van der Waals surface area contributed by atoms with E-state index >= 15 is 0 Å². The monoisotopic (exact) mass is 354 g/mol. The van der Waals surface area contributed by atoms with Crippen LogP contribution in [0.4, 0.5) is 0 Å². The van der Waals surface area contributed by atoms with Crippen LogP contribution in [-0.4, -0.2) is 30.0 Å². The summed E-state index contributed by atoms with van der Waals surface area (Å²) in [7, 11) is 1.37. The number of carbonyl (C=O) groups is 2. The molecule has 0 aliphatic heterocycles. The largest absolute Gasteiger partial charge is 0.467 e. The highest BCUT2D eigenvalue weighted by atomic mass is 16.5. The molecule has 0 unspecified atom stereocenters. The molecular formula is C21H26N2O3. The van der Waals surface area contributed by atoms with Crippen LogP contribution in [0.25, 0.3) is 10.9 Å². The average Bonchev–Trinajstić information content (AvgIpc) is 3.36. The minimum absolute atomic E-state index is 0.0298. The molecule has 1 heterocycles. The molecule has 5 heteroatoms. The van der Waals surface area contributed by atoms with Gasteiger partial charge in [-0.25, -0.2) is 4.79 Å². The van der Waals surface area contributed by atoms with Crippen molar-refractivity contribution in [2.24, 2.45) is 17.8 Å². The van der Waals surface area contributed by atoms with Crippen molar-refractivity contribution in [2.45, 2.75) is 44.6 Å². The first kappa shape index (κ1) is 17.1. The molecular weight excluding hydrogens is 328 g/mol. The summed E-state index contributed by atoms with van der Waals surface area (Å²) in [5, 5.41) is 4.00. The summed E-state index contributed by atoms with van der Waals surface area (Å²) in [6, 6.07) is 7.31. The summed E-state index contributed by atoms with van der Waals surface area (Å²) in [4.78, 5) is 28.0. The van der Waals surface area contributed by atoms with Gasteiger partial charge in [-0.3, -0.25) is 4.79 Å². The number of carbonyl (C=O) groups excluding carboxylic acids is 2. The number of rotatable bonds is 6. The average molecular weight is 354 g/mol. The predicted molar refractivity (Wildman–Crippen MR) is 99.5 cm³/mol. The molecule has 26 heavy (non-hydrogen) atoms. The van der Waals surface area contributed by atoms with Gasteiger partial charge >= 0.3 is 5.97 Å². The molecule has 2 N–H and O–H groups in total. The molecule has 1 amide bonds. The Kier molecular flexibility index (Phi) is 4.70. The zero-order valence-corrected chi connectivity index (χ0v) is 15.2. The molecule has 0 spiro atoms. The van der Waals surface area contributed by atoms with E-state index in [1.54, 1.807) is 0 Å². The van der Waals surface area contributed by atoms with E-state index in [0.29, 0.717) is 24.7 Å². The number of para-hydroxylation sites is 1. The van der Waals surface area contributed by atoms with Crippen LogP contribution in [-0.2, 0) is 20.7 Å². The van der Waals surface area contributed by atoms with Crippen molar-refractivity contribution >= 4 is 22.8 Å². The van der Waals surface area contributed by atoms with Crippen molar-refractivity contribution in [1.82, 2.24) is 10.3 Å².